The zero-order valence-corrected chi connectivity index (χ0v) is 22.0. The molecule has 0 aliphatic heterocycles. The van der Waals surface area contributed by atoms with Gasteiger partial charge in [0.25, 0.3) is 0 Å². The highest BCUT2D eigenvalue weighted by Crippen LogP contribution is 2.68. The van der Waals surface area contributed by atoms with Crippen molar-refractivity contribution in [1.82, 2.24) is 0 Å². The van der Waals surface area contributed by atoms with E-state index in [-0.39, 0.29) is 6.10 Å². The summed E-state index contributed by atoms with van der Waals surface area (Å²) in [5.74, 6) is 8.07. The van der Waals surface area contributed by atoms with E-state index in [0.29, 0.717) is 10.8 Å². The Bertz CT molecular complexity index is 602. The van der Waals surface area contributed by atoms with Gasteiger partial charge in [-0.2, -0.15) is 0 Å². The molecule has 9 unspecified atom stereocenters. The molecule has 0 amide bonds. The molecule has 1 N–H and O–H groups in total. The number of hydrogen-bond donors (Lipinski definition) is 1. The third-order valence-electron chi connectivity index (χ3n) is 12.1. The fourth-order valence-corrected chi connectivity index (χ4v) is 10.3. The van der Waals surface area contributed by atoms with Crippen LogP contribution in [0.5, 0.6) is 0 Å². The molecule has 0 aromatic rings. The fourth-order valence-electron chi connectivity index (χ4n) is 10.3. The minimum absolute atomic E-state index is 0.0132. The molecule has 4 fully saturated rings. The van der Waals surface area contributed by atoms with Crippen LogP contribution >= 0.6 is 0 Å². The number of aliphatic hydroxyl groups is 1. The Hall–Kier alpha value is -0.0400. The van der Waals surface area contributed by atoms with Gasteiger partial charge in [0, 0.05) is 0 Å². The molecule has 0 aromatic carbocycles. The lowest BCUT2D eigenvalue weighted by Crippen LogP contribution is -2.54. The Balaban J connectivity index is 1.44. The summed E-state index contributed by atoms with van der Waals surface area (Å²) in [5, 5.41) is 10.3. The Morgan fingerprint density at radius 2 is 1.39 bits per heavy atom. The second kappa shape index (κ2) is 8.96. The molecule has 0 saturated heterocycles. The molecular weight excluding hydrogens is 376 g/mol. The SMILES string of the molecule is CC(C)C(CCC(C)C1CCC2C3CCC4CC(O)CCC4(C)C3CCC12C)C(C)C. The first-order chi connectivity index (χ1) is 14.6. The highest BCUT2D eigenvalue weighted by atomic mass is 16.3. The molecule has 0 bridgehead atoms. The number of hydrogen-bond acceptors (Lipinski definition) is 1. The summed E-state index contributed by atoms with van der Waals surface area (Å²) in [7, 11) is 0. The average Bonchev–Trinajstić information content (AvgIpc) is 3.05. The first kappa shape index (κ1) is 24.1. The lowest BCUT2D eigenvalue weighted by molar-refractivity contribution is -0.129. The molecule has 9 atom stereocenters. The molecular formula is C30H54O. The van der Waals surface area contributed by atoms with E-state index < -0.39 is 0 Å². The van der Waals surface area contributed by atoms with E-state index in [1.165, 1.54) is 57.8 Å². The van der Waals surface area contributed by atoms with Gasteiger partial charge in [-0.15, -0.1) is 0 Å². The van der Waals surface area contributed by atoms with Gasteiger partial charge in [-0.3, -0.25) is 0 Å². The van der Waals surface area contributed by atoms with E-state index in [0.717, 1.165) is 66.1 Å². The molecule has 4 aliphatic rings. The summed E-state index contributed by atoms with van der Waals surface area (Å²) in [6.45, 7) is 17.7. The van der Waals surface area contributed by atoms with Crippen molar-refractivity contribution in [2.75, 3.05) is 0 Å². The third kappa shape index (κ3) is 4.17. The minimum Gasteiger partial charge on any atom is -0.393 e. The molecule has 180 valence electrons. The van der Waals surface area contributed by atoms with Crippen LogP contribution in [0.15, 0.2) is 0 Å². The summed E-state index contributed by atoms with van der Waals surface area (Å²) >= 11 is 0. The van der Waals surface area contributed by atoms with Crippen molar-refractivity contribution in [2.24, 2.45) is 64.1 Å². The van der Waals surface area contributed by atoms with Crippen LogP contribution in [0, 0.1) is 64.1 Å². The fraction of sp³-hybridized carbons (Fsp3) is 1.00. The number of rotatable bonds is 6. The van der Waals surface area contributed by atoms with Gasteiger partial charge < -0.3 is 5.11 Å². The Morgan fingerprint density at radius 1 is 0.742 bits per heavy atom. The van der Waals surface area contributed by atoms with Gasteiger partial charge in [0.15, 0.2) is 0 Å². The Morgan fingerprint density at radius 3 is 2.06 bits per heavy atom. The van der Waals surface area contributed by atoms with Crippen LogP contribution in [0.3, 0.4) is 0 Å². The molecule has 0 aromatic heterocycles. The monoisotopic (exact) mass is 430 g/mol. The number of fused-ring (bicyclic) bond motifs is 5. The van der Waals surface area contributed by atoms with Crippen molar-refractivity contribution in [3.05, 3.63) is 0 Å². The van der Waals surface area contributed by atoms with Crippen molar-refractivity contribution < 1.29 is 5.11 Å². The van der Waals surface area contributed by atoms with E-state index in [1.54, 1.807) is 0 Å². The van der Waals surface area contributed by atoms with Crippen molar-refractivity contribution in [1.29, 1.82) is 0 Å². The smallest absolute Gasteiger partial charge is 0.0543 e. The van der Waals surface area contributed by atoms with Crippen LogP contribution in [0.2, 0.25) is 0 Å². The van der Waals surface area contributed by atoms with Crippen LogP contribution in [0.1, 0.15) is 119 Å². The predicted molar refractivity (Wildman–Crippen MR) is 133 cm³/mol. The van der Waals surface area contributed by atoms with Crippen molar-refractivity contribution in [2.45, 2.75) is 125 Å². The predicted octanol–water partition coefficient (Wildman–Crippen LogP) is 8.35. The normalized spacial score (nSPS) is 46.2. The summed E-state index contributed by atoms with van der Waals surface area (Å²) in [5.41, 5.74) is 1.12. The van der Waals surface area contributed by atoms with Gasteiger partial charge in [-0.25, -0.2) is 0 Å². The van der Waals surface area contributed by atoms with Crippen molar-refractivity contribution in [3.8, 4) is 0 Å². The van der Waals surface area contributed by atoms with E-state index >= 15 is 0 Å². The van der Waals surface area contributed by atoms with Gasteiger partial charge in [-0.1, -0.05) is 54.9 Å². The molecule has 4 aliphatic carbocycles. The molecule has 1 heteroatoms. The van der Waals surface area contributed by atoms with Gasteiger partial charge in [0.2, 0.25) is 0 Å². The lowest BCUT2D eigenvalue weighted by Gasteiger charge is -2.61. The summed E-state index contributed by atoms with van der Waals surface area (Å²) in [4.78, 5) is 0. The number of aliphatic hydroxyl groups excluding tert-OH is 1. The van der Waals surface area contributed by atoms with Gasteiger partial charge in [0.1, 0.15) is 0 Å². The Kier molecular flexibility index (Phi) is 6.96. The highest BCUT2D eigenvalue weighted by Gasteiger charge is 2.60. The van der Waals surface area contributed by atoms with Crippen molar-refractivity contribution in [3.63, 3.8) is 0 Å². The summed E-state index contributed by atoms with van der Waals surface area (Å²) < 4.78 is 0. The van der Waals surface area contributed by atoms with Crippen LogP contribution in [0.4, 0.5) is 0 Å². The molecule has 1 nitrogen and oxygen atoms in total. The topological polar surface area (TPSA) is 20.2 Å². The zero-order chi connectivity index (χ0) is 22.6. The first-order valence-corrected chi connectivity index (χ1v) is 14.3. The zero-order valence-electron chi connectivity index (χ0n) is 22.0. The summed E-state index contributed by atoms with van der Waals surface area (Å²) in [6, 6.07) is 0. The van der Waals surface area contributed by atoms with E-state index in [9.17, 15) is 5.11 Å². The summed E-state index contributed by atoms with van der Waals surface area (Å²) in [6.07, 6.45) is 15.1. The maximum atomic E-state index is 10.3. The largest absolute Gasteiger partial charge is 0.393 e. The van der Waals surface area contributed by atoms with E-state index in [4.69, 9.17) is 0 Å². The molecule has 4 rings (SSSR count). The molecule has 0 spiro atoms. The van der Waals surface area contributed by atoms with Crippen LogP contribution in [-0.2, 0) is 0 Å². The molecule has 4 saturated carbocycles. The standard InChI is InChI=1S/C30H54O/c1-19(2)24(20(3)4)10-8-21(5)26-12-13-27-25-11-9-22-18-23(31)14-16-29(22,6)28(25)15-17-30(26,27)7/h19-28,31H,8-18H2,1-7H3. The maximum absolute atomic E-state index is 10.3. The molecule has 0 radical (unpaired) electrons. The Labute approximate surface area is 194 Å². The quantitative estimate of drug-likeness (QED) is 0.449. The second-order valence-corrected chi connectivity index (χ2v) is 14.0. The average molecular weight is 431 g/mol. The second-order valence-electron chi connectivity index (χ2n) is 14.0. The van der Waals surface area contributed by atoms with Crippen LogP contribution in [0.25, 0.3) is 0 Å². The molecule has 31 heavy (non-hydrogen) atoms. The molecule has 0 heterocycles. The first-order valence-electron chi connectivity index (χ1n) is 14.3. The van der Waals surface area contributed by atoms with Gasteiger partial charge in [0.05, 0.1) is 6.10 Å². The van der Waals surface area contributed by atoms with Gasteiger partial charge >= 0.3 is 0 Å². The van der Waals surface area contributed by atoms with E-state index in [1.807, 2.05) is 0 Å². The van der Waals surface area contributed by atoms with Gasteiger partial charge in [-0.05, 0) is 128 Å². The third-order valence-corrected chi connectivity index (χ3v) is 12.1. The highest BCUT2D eigenvalue weighted by molar-refractivity contribution is 5.09. The lowest BCUT2D eigenvalue weighted by atomic mass is 9.44. The van der Waals surface area contributed by atoms with Crippen molar-refractivity contribution >= 4 is 0 Å². The van der Waals surface area contributed by atoms with E-state index in [2.05, 4.69) is 48.5 Å². The minimum atomic E-state index is -0.0132. The maximum Gasteiger partial charge on any atom is 0.0543 e. The van der Waals surface area contributed by atoms with Crippen LogP contribution < -0.4 is 0 Å². The van der Waals surface area contributed by atoms with Crippen LogP contribution in [-0.4, -0.2) is 11.2 Å².